The molecule has 2 rings (SSSR count). The van der Waals surface area contributed by atoms with Gasteiger partial charge in [0.25, 0.3) is 0 Å². The Kier molecular flexibility index (Phi) is 4.62. The van der Waals surface area contributed by atoms with Gasteiger partial charge in [-0.3, -0.25) is 0 Å². The van der Waals surface area contributed by atoms with Gasteiger partial charge in [0.15, 0.2) is 0 Å². The second kappa shape index (κ2) is 6.43. The van der Waals surface area contributed by atoms with Gasteiger partial charge >= 0.3 is 12.0 Å². The third kappa shape index (κ3) is 3.84. The fourth-order valence-electron chi connectivity index (χ4n) is 2.24. The lowest BCUT2D eigenvalue weighted by Crippen LogP contribution is -2.42. The average Bonchev–Trinajstić information content (AvgIpc) is 2.48. The first-order valence-electron chi connectivity index (χ1n) is 6.97. The molecule has 1 heterocycles. The number of amides is 2. The van der Waals surface area contributed by atoms with Crippen LogP contribution >= 0.6 is 0 Å². The van der Waals surface area contributed by atoms with Gasteiger partial charge in [-0.15, -0.1) is 0 Å². The first-order chi connectivity index (χ1) is 9.97. The number of rotatable bonds is 3. The third-order valence-electron chi connectivity index (χ3n) is 3.85. The molecule has 0 spiro atoms. The monoisotopic (exact) mass is 288 g/mol. The molecule has 0 saturated carbocycles. The molecule has 0 unspecified atom stereocenters. The number of carboxylic acid groups (broad SMARTS) is 1. The van der Waals surface area contributed by atoms with Crippen molar-refractivity contribution in [2.45, 2.75) is 26.8 Å². The minimum Gasteiger partial charge on any atom is -0.478 e. The van der Waals surface area contributed by atoms with Crippen molar-refractivity contribution >= 4 is 12.0 Å². The van der Waals surface area contributed by atoms with Gasteiger partial charge in [-0.25, -0.2) is 9.59 Å². The average molecular weight is 288 g/mol. The van der Waals surface area contributed by atoms with Crippen LogP contribution in [-0.4, -0.2) is 35.1 Å². The molecule has 1 aliphatic rings. The van der Waals surface area contributed by atoms with Crippen molar-refractivity contribution in [3.63, 3.8) is 0 Å². The Morgan fingerprint density at radius 3 is 2.43 bits per heavy atom. The van der Waals surface area contributed by atoms with Gasteiger partial charge in [-0.1, -0.05) is 23.3 Å². The van der Waals surface area contributed by atoms with Crippen molar-refractivity contribution in [3.05, 3.63) is 46.5 Å². The number of carbonyl (C=O) groups excluding carboxylic acids is 1. The minimum atomic E-state index is -0.948. The highest BCUT2D eigenvalue weighted by molar-refractivity contribution is 5.87. The molecule has 1 aromatic carbocycles. The Labute approximate surface area is 124 Å². The minimum absolute atomic E-state index is 0.0795. The number of carboxylic acids is 1. The summed E-state index contributed by atoms with van der Waals surface area (Å²) in [4.78, 5) is 24.7. The number of aromatic carboxylic acids is 1. The van der Waals surface area contributed by atoms with Gasteiger partial charge in [0.1, 0.15) is 0 Å². The maximum absolute atomic E-state index is 12.1. The molecule has 0 aromatic heterocycles. The zero-order valence-electron chi connectivity index (χ0n) is 12.3. The summed E-state index contributed by atoms with van der Waals surface area (Å²) < 4.78 is 0. The third-order valence-corrected chi connectivity index (χ3v) is 3.85. The number of benzene rings is 1. The van der Waals surface area contributed by atoms with E-state index in [1.54, 1.807) is 29.2 Å². The standard InChI is InChI=1S/C16H20N2O3/c1-11-7-8-18(10-12(11)2)16(21)17-9-13-3-5-14(6-4-13)15(19)20/h3-6H,7-10H2,1-2H3,(H,17,21)(H,19,20). The largest absolute Gasteiger partial charge is 0.478 e. The van der Waals surface area contributed by atoms with E-state index in [9.17, 15) is 9.59 Å². The van der Waals surface area contributed by atoms with Crippen LogP contribution in [0.2, 0.25) is 0 Å². The second-order valence-electron chi connectivity index (χ2n) is 5.39. The SMILES string of the molecule is CC1=C(C)CN(C(=O)NCc2ccc(C(=O)O)cc2)CC1. The zero-order chi connectivity index (χ0) is 15.4. The molecule has 112 valence electrons. The van der Waals surface area contributed by atoms with Crippen molar-refractivity contribution in [1.82, 2.24) is 10.2 Å². The van der Waals surface area contributed by atoms with Crippen LogP contribution in [0, 0.1) is 0 Å². The Balaban J connectivity index is 1.88. The van der Waals surface area contributed by atoms with Crippen LogP contribution in [0.3, 0.4) is 0 Å². The van der Waals surface area contributed by atoms with E-state index in [2.05, 4.69) is 19.2 Å². The smallest absolute Gasteiger partial charge is 0.335 e. The van der Waals surface area contributed by atoms with Gasteiger partial charge in [-0.2, -0.15) is 0 Å². The molecule has 2 N–H and O–H groups in total. The lowest BCUT2D eigenvalue weighted by atomic mass is 10.0. The first kappa shape index (κ1) is 15.1. The number of carbonyl (C=O) groups is 2. The quantitative estimate of drug-likeness (QED) is 0.840. The Hall–Kier alpha value is -2.30. The fraction of sp³-hybridized carbons (Fsp3) is 0.375. The number of nitrogens with one attached hydrogen (secondary N) is 1. The molecule has 0 radical (unpaired) electrons. The number of nitrogens with zero attached hydrogens (tertiary/aromatic N) is 1. The molecule has 0 aliphatic carbocycles. The molecule has 21 heavy (non-hydrogen) atoms. The van der Waals surface area contributed by atoms with Crippen LogP contribution in [0.5, 0.6) is 0 Å². The van der Waals surface area contributed by atoms with Gasteiger partial charge in [0.2, 0.25) is 0 Å². The predicted molar refractivity (Wildman–Crippen MR) is 80.2 cm³/mol. The van der Waals surface area contributed by atoms with Crippen LogP contribution in [0.25, 0.3) is 0 Å². The fourth-order valence-corrected chi connectivity index (χ4v) is 2.24. The number of urea groups is 1. The molecule has 5 heteroatoms. The van der Waals surface area contributed by atoms with Crippen LogP contribution < -0.4 is 5.32 Å². The van der Waals surface area contributed by atoms with Crippen molar-refractivity contribution in [3.8, 4) is 0 Å². The van der Waals surface area contributed by atoms with E-state index >= 15 is 0 Å². The molecule has 5 nitrogen and oxygen atoms in total. The van der Waals surface area contributed by atoms with E-state index in [1.807, 2.05) is 0 Å². The lowest BCUT2D eigenvalue weighted by molar-refractivity contribution is 0.0697. The van der Waals surface area contributed by atoms with Gasteiger partial charge < -0.3 is 15.3 Å². The van der Waals surface area contributed by atoms with E-state index in [1.165, 1.54) is 11.1 Å². The Morgan fingerprint density at radius 2 is 1.86 bits per heavy atom. The molecular weight excluding hydrogens is 268 g/mol. The molecule has 0 bridgehead atoms. The molecule has 1 aliphatic heterocycles. The van der Waals surface area contributed by atoms with Gasteiger partial charge in [0, 0.05) is 19.6 Å². The normalized spacial score (nSPS) is 15.0. The summed E-state index contributed by atoms with van der Waals surface area (Å²) in [5, 5.41) is 11.7. The number of hydrogen-bond donors (Lipinski definition) is 2. The molecule has 1 aromatic rings. The highest BCUT2D eigenvalue weighted by Gasteiger charge is 2.18. The predicted octanol–water partition coefficient (Wildman–Crippen LogP) is 2.64. The van der Waals surface area contributed by atoms with Crippen LogP contribution in [-0.2, 0) is 6.54 Å². The van der Waals surface area contributed by atoms with E-state index in [0.29, 0.717) is 13.1 Å². The molecule has 0 fully saturated rings. The topological polar surface area (TPSA) is 69.6 Å². The second-order valence-corrected chi connectivity index (χ2v) is 5.39. The summed E-state index contributed by atoms with van der Waals surface area (Å²) >= 11 is 0. The van der Waals surface area contributed by atoms with Crippen LogP contribution in [0.4, 0.5) is 4.79 Å². The van der Waals surface area contributed by atoms with E-state index < -0.39 is 5.97 Å². The first-order valence-corrected chi connectivity index (χ1v) is 6.97. The summed E-state index contributed by atoms with van der Waals surface area (Å²) in [5.74, 6) is -0.948. The lowest BCUT2D eigenvalue weighted by Gasteiger charge is -2.28. The molecular formula is C16H20N2O3. The highest BCUT2D eigenvalue weighted by atomic mass is 16.4. The summed E-state index contributed by atoms with van der Waals surface area (Å²) in [6, 6.07) is 6.44. The summed E-state index contributed by atoms with van der Waals surface area (Å²) in [6.45, 7) is 5.98. The number of hydrogen-bond acceptors (Lipinski definition) is 2. The van der Waals surface area contributed by atoms with E-state index in [0.717, 1.165) is 18.5 Å². The Morgan fingerprint density at radius 1 is 1.19 bits per heavy atom. The van der Waals surface area contributed by atoms with Crippen LogP contribution in [0.1, 0.15) is 36.2 Å². The molecule has 2 amide bonds. The van der Waals surface area contributed by atoms with E-state index in [-0.39, 0.29) is 11.6 Å². The van der Waals surface area contributed by atoms with Crippen molar-refractivity contribution < 1.29 is 14.7 Å². The highest BCUT2D eigenvalue weighted by Crippen LogP contribution is 2.16. The Bertz CT molecular complexity index is 576. The van der Waals surface area contributed by atoms with Crippen molar-refractivity contribution in [2.24, 2.45) is 0 Å². The molecule has 0 atom stereocenters. The van der Waals surface area contributed by atoms with Crippen molar-refractivity contribution in [2.75, 3.05) is 13.1 Å². The van der Waals surface area contributed by atoms with Gasteiger partial charge in [-0.05, 0) is 38.0 Å². The summed E-state index contributed by atoms with van der Waals surface area (Å²) in [6.07, 6.45) is 0.923. The van der Waals surface area contributed by atoms with E-state index in [4.69, 9.17) is 5.11 Å². The maximum Gasteiger partial charge on any atom is 0.335 e. The van der Waals surface area contributed by atoms with Crippen LogP contribution in [0.15, 0.2) is 35.4 Å². The summed E-state index contributed by atoms with van der Waals surface area (Å²) in [7, 11) is 0. The maximum atomic E-state index is 12.1. The van der Waals surface area contributed by atoms with Gasteiger partial charge in [0.05, 0.1) is 5.56 Å². The molecule has 0 saturated heterocycles. The van der Waals surface area contributed by atoms with Crippen molar-refractivity contribution in [1.29, 1.82) is 0 Å². The summed E-state index contributed by atoms with van der Waals surface area (Å²) in [5.41, 5.74) is 3.75. The zero-order valence-corrected chi connectivity index (χ0v) is 12.3.